The molecular weight excluding hydrogens is 369 g/mol. The fourth-order valence-corrected chi connectivity index (χ4v) is 3.17. The van der Waals surface area contributed by atoms with E-state index in [1.165, 1.54) is 6.21 Å². The number of nitrogens with zero attached hydrogens (tertiary/aromatic N) is 1. The molecule has 0 saturated carbocycles. The van der Waals surface area contributed by atoms with Crippen LogP contribution in [0.2, 0.25) is 15.1 Å². The number of amides is 1. The molecule has 7 heteroatoms. The molecule has 3 aromatic rings. The predicted molar refractivity (Wildman–Crippen MR) is 99.6 cm³/mol. The maximum absolute atomic E-state index is 12.3. The van der Waals surface area contributed by atoms with Gasteiger partial charge in [0.05, 0.1) is 11.2 Å². The molecule has 0 aliphatic carbocycles. The smallest absolute Gasteiger partial charge is 0.288 e. The van der Waals surface area contributed by atoms with Gasteiger partial charge < -0.3 is 4.98 Å². The number of aromatic amines is 1. The van der Waals surface area contributed by atoms with E-state index in [9.17, 15) is 4.79 Å². The highest BCUT2D eigenvalue weighted by atomic mass is 35.5. The second-order valence-corrected chi connectivity index (χ2v) is 6.47. The molecule has 0 bridgehead atoms. The van der Waals surface area contributed by atoms with Crippen molar-refractivity contribution < 1.29 is 4.79 Å². The van der Waals surface area contributed by atoms with Gasteiger partial charge in [0.1, 0.15) is 5.69 Å². The summed E-state index contributed by atoms with van der Waals surface area (Å²) in [5.41, 5.74) is 5.15. The van der Waals surface area contributed by atoms with Gasteiger partial charge in [0.25, 0.3) is 5.91 Å². The first-order chi connectivity index (χ1) is 11.5. The van der Waals surface area contributed by atoms with Gasteiger partial charge in [0.15, 0.2) is 0 Å². The summed E-state index contributed by atoms with van der Waals surface area (Å²) in [6.45, 7) is 1.82. The number of fused-ring (bicyclic) bond motifs is 1. The highest BCUT2D eigenvalue weighted by Crippen LogP contribution is 2.31. The van der Waals surface area contributed by atoms with E-state index in [1.807, 2.05) is 6.92 Å². The maximum Gasteiger partial charge on any atom is 0.288 e. The van der Waals surface area contributed by atoms with Crippen molar-refractivity contribution in [2.24, 2.45) is 5.10 Å². The number of hydrogen-bond donors (Lipinski definition) is 2. The van der Waals surface area contributed by atoms with Gasteiger partial charge in [-0.25, -0.2) is 5.43 Å². The predicted octanol–water partition coefficient (Wildman–Crippen LogP) is 5.20. The molecule has 2 aromatic carbocycles. The number of halogens is 3. The van der Waals surface area contributed by atoms with Crippen molar-refractivity contribution in [1.82, 2.24) is 10.4 Å². The van der Waals surface area contributed by atoms with Gasteiger partial charge in [-0.3, -0.25) is 4.79 Å². The second-order valence-electron chi connectivity index (χ2n) is 5.19. The summed E-state index contributed by atoms with van der Waals surface area (Å²) in [4.78, 5) is 15.4. The highest BCUT2D eigenvalue weighted by molar-refractivity contribution is 6.39. The first-order valence-electron chi connectivity index (χ1n) is 7.02. The van der Waals surface area contributed by atoms with Crippen LogP contribution in [0.25, 0.3) is 10.9 Å². The number of aryl methyl sites for hydroxylation is 1. The molecule has 0 aliphatic heterocycles. The maximum atomic E-state index is 12.3. The largest absolute Gasteiger partial charge is 0.350 e. The lowest BCUT2D eigenvalue weighted by Gasteiger charge is -1.99. The standard InChI is InChI=1S/C17H12Cl3N3O/c1-9-15-13(20)6-12(19)7-14(15)22-16(9)17(24)23-21-8-10-2-4-11(18)5-3-10/h2-8,22H,1H3,(H,23,24)/b21-8-. The normalized spacial score (nSPS) is 11.3. The van der Waals surface area contributed by atoms with E-state index < -0.39 is 0 Å². The lowest BCUT2D eigenvalue weighted by atomic mass is 10.1. The van der Waals surface area contributed by atoms with E-state index in [0.717, 1.165) is 16.5 Å². The molecule has 122 valence electrons. The van der Waals surface area contributed by atoms with Crippen molar-refractivity contribution in [3.63, 3.8) is 0 Å². The first kappa shape index (κ1) is 16.8. The van der Waals surface area contributed by atoms with Crippen molar-refractivity contribution >= 4 is 57.8 Å². The molecular formula is C17H12Cl3N3O. The van der Waals surface area contributed by atoms with E-state index >= 15 is 0 Å². The van der Waals surface area contributed by atoms with Crippen LogP contribution < -0.4 is 5.43 Å². The zero-order chi connectivity index (χ0) is 17.3. The van der Waals surface area contributed by atoms with E-state index in [2.05, 4.69) is 15.5 Å². The molecule has 0 fully saturated rings. The summed E-state index contributed by atoms with van der Waals surface area (Å²) in [6.07, 6.45) is 1.54. The number of hydrogen-bond acceptors (Lipinski definition) is 2. The molecule has 0 unspecified atom stereocenters. The van der Waals surface area contributed by atoms with Crippen LogP contribution in [0.15, 0.2) is 41.5 Å². The van der Waals surface area contributed by atoms with Crippen LogP contribution in [-0.2, 0) is 0 Å². The number of H-pyrrole nitrogens is 1. The summed E-state index contributed by atoms with van der Waals surface area (Å²) in [5.74, 6) is -0.360. The lowest BCUT2D eigenvalue weighted by molar-refractivity contribution is 0.0950. The molecule has 4 nitrogen and oxygen atoms in total. The monoisotopic (exact) mass is 379 g/mol. The molecule has 0 radical (unpaired) electrons. The lowest BCUT2D eigenvalue weighted by Crippen LogP contribution is -2.18. The Bertz CT molecular complexity index is 946. The van der Waals surface area contributed by atoms with Gasteiger partial charge in [0, 0.05) is 20.9 Å². The number of nitrogens with one attached hydrogen (secondary N) is 2. The summed E-state index contributed by atoms with van der Waals surface area (Å²) in [7, 11) is 0. The molecule has 0 saturated heterocycles. The molecule has 1 heterocycles. The average molecular weight is 381 g/mol. The highest BCUT2D eigenvalue weighted by Gasteiger charge is 2.16. The van der Waals surface area contributed by atoms with Crippen molar-refractivity contribution in [2.45, 2.75) is 6.92 Å². The van der Waals surface area contributed by atoms with Crippen LogP contribution in [-0.4, -0.2) is 17.1 Å². The minimum atomic E-state index is -0.360. The topological polar surface area (TPSA) is 57.2 Å². The van der Waals surface area contributed by atoms with Crippen LogP contribution in [0.5, 0.6) is 0 Å². The zero-order valence-corrected chi connectivity index (χ0v) is 14.8. The minimum Gasteiger partial charge on any atom is -0.350 e. The van der Waals surface area contributed by atoms with Gasteiger partial charge in [0.2, 0.25) is 0 Å². The number of rotatable bonds is 3. The van der Waals surface area contributed by atoms with E-state index in [-0.39, 0.29) is 5.91 Å². The summed E-state index contributed by atoms with van der Waals surface area (Å²) < 4.78 is 0. The molecule has 2 N–H and O–H groups in total. The fraction of sp³-hybridized carbons (Fsp3) is 0.0588. The number of carbonyl (C=O) groups excluding carboxylic acids is 1. The molecule has 1 aromatic heterocycles. The van der Waals surface area contributed by atoms with Crippen molar-refractivity contribution in [3.05, 3.63) is 68.3 Å². The van der Waals surface area contributed by atoms with Crippen LogP contribution >= 0.6 is 34.8 Å². The summed E-state index contributed by atoms with van der Waals surface area (Å²) in [5, 5.41) is 6.36. The Morgan fingerprint density at radius 1 is 1.12 bits per heavy atom. The number of benzene rings is 2. The van der Waals surface area contributed by atoms with Crippen molar-refractivity contribution in [1.29, 1.82) is 0 Å². The Balaban J connectivity index is 1.82. The van der Waals surface area contributed by atoms with Crippen LogP contribution in [0.3, 0.4) is 0 Å². The molecule has 3 rings (SSSR count). The number of carbonyl (C=O) groups is 1. The molecule has 24 heavy (non-hydrogen) atoms. The molecule has 1 amide bonds. The second kappa shape index (κ2) is 6.85. The van der Waals surface area contributed by atoms with Crippen LogP contribution in [0.4, 0.5) is 0 Å². The Kier molecular flexibility index (Phi) is 4.81. The van der Waals surface area contributed by atoms with Crippen LogP contribution in [0.1, 0.15) is 21.6 Å². The van der Waals surface area contributed by atoms with Gasteiger partial charge in [-0.05, 0) is 42.3 Å². The zero-order valence-electron chi connectivity index (χ0n) is 12.5. The molecule has 0 atom stereocenters. The number of hydrazone groups is 1. The van der Waals surface area contributed by atoms with E-state index in [1.54, 1.807) is 36.4 Å². The quantitative estimate of drug-likeness (QED) is 0.476. The van der Waals surface area contributed by atoms with Gasteiger partial charge in [-0.1, -0.05) is 46.9 Å². The Morgan fingerprint density at radius 3 is 2.54 bits per heavy atom. The third-order valence-corrected chi connectivity index (χ3v) is 4.31. The summed E-state index contributed by atoms with van der Waals surface area (Å²) >= 11 is 18.0. The van der Waals surface area contributed by atoms with Gasteiger partial charge >= 0.3 is 0 Å². The van der Waals surface area contributed by atoms with Crippen molar-refractivity contribution in [2.75, 3.05) is 0 Å². The minimum absolute atomic E-state index is 0.360. The van der Waals surface area contributed by atoms with E-state index in [0.29, 0.717) is 26.3 Å². The molecule has 0 aliphatic rings. The first-order valence-corrected chi connectivity index (χ1v) is 8.15. The molecule has 0 spiro atoms. The fourth-order valence-electron chi connectivity index (χ4n) is 2.40. The third-order valence-electron chi connectivity index (χ3n) is 3.54. The Hall–Kier alpha value is -2.01. The average Bonchev–Trinajstić information content (AvgIpc) is 2.86. The Labute approximate surface area is 153 Å². The number of aromatic nitrogens is 1. The van der Waals surface area contributed by atoms with Gasteiger partial charge in [-0.2, -0.15) is 5.10 Å². The SMILES string of the molecule is Cc1c(C(=O)N/N=C\c2ccc(Cl)cc2)[nH]c2cc(Cl)cc(Cl)c12. The van der Waals surface area contributed by atoms with Crippen LogP contribution in [0, 0.1) is 6.92 Å². The summed E-state index contributed by atoms with van der Waals surface area (Å²) in [6, 6.07) is 10.5. The van der Waals surface area contributed by atoms with Crippen molar-refractivity contribution in [3.8, 4) is 0 Å². The van der Waals surface area contributed by atoms with Gasteiger partial charge in [-0.15, -0.1) is 0 Å². The third kappa shape index (κ3) is 3.41. The Morgan fingerprint density at radius 2 is 1.83 bits per heavy atom. The van der Waals surface area contributed by atoms with E-state index in [4.69, 9.17) is 34.8 Å².